The molecule has 9 rings (SSSR count). The van der Waals surface area contributed by atoms with Crippen LogP contribution in [0.25, 0.3) is 0 Å². The van der Waals surface area contributed by atoms with Crippen LogP contribution in [0.15, 0.2) is 158 Å². The van der Waals surface area contributed by atoms with Crippen LogP contribution in [0.5, 0.6) is 0 Å². The third kappa shape index (κ3) is 7.74. The fourth-order valence-electron chi connectivity index (χ4n) is 9.38. The van der Waals surface area contributed by atoms with Gasteiger partial charge in [0.05, 0.1) is 13.9 Å². The SMILES string of the molecule is [2H]c1c([2H])c(C(C)(C)CC)c([2H])c2c1N(c1ccc(C(C)(C)CC)cc1)c1cc(N(c3ccccc3)c3ccccc3)cc3c1B2c1c([2H])c(C(C)(C)CC)c([2H])c([2H])c1N3c1ccc(C(C)(C)CC)cc1. The number of para-hydroxylation sites is 2. The predicted octanol–water partition coefficient (Wildman–Crippen LogP) is 16.0. The number of rotatable bonds is 13. The number of nitrogens with zero attached hydrogens (tertiary/aromatic N) is 3. The Balaban J connectivity index is 1.53. The first-order valence-corrected chi connectivity index (χ1v) is 24.2. The number of hydrogen-bond acceptors (Lipinski definition) is 3. The van der Waals surface area contributed by atoms with Gasteiger partial charge >= 0.3 is 0 Å². The lowest BCUT2D eigenvalue weighted by atomic mass is 9.33. The van der Waals surface area contributed by atoms with Crippen molar-refractivity contribution in [1.29, 1.82) is 0 Å². The molecular weight excluding hydrogens is 798 g/mol. The van der Waals surface area contributed by atoms with Gasteiger partial charge in [-0.05, 0) is 159 Å². The van der Waals surface area contributed by atoms with E-state index in [1.165, 1.54) is 11.1 Å². The lowest BCUT2D eigenvalue weighted by Gasteiger charge is -2.46. The van der Waals surface area contributed by atoms with Gasteiger partial charge in [0.25, 0.3) is 6.71 Å². The normalized spacial score (nSPS) is 14.9. The molecule has 0 unspecified atom stereocenters. The molecule has 7 aromatic carbocycles. The van der Waals surface area contributed by atoms with Crippen molar-refractivity contribution >= 4 is 74.3 Å². The fraction of sp³-hybridized carbons (Fsp3) is 0.323. The average Bonchev–Trinajstić information content (AvgIpc) is 3.37. The number of anilines is 9. The van der Waals surface area contributed by atoms with E-state index < -0.39 is 17.5 Å². The molecule has 0 amide bonds. The lowest BCUT2D eigenvalue weighted by Crippen LogP contribution is -2.61. The summed E-state index contributed by atoms with van der Waals surface area (Å²) in [6.45, 7) is 24.9. The van der Waals surface area contributed by atoms with Crippen molar-refractivity contribution in [3.8, 4) is 0 Å². The van der Waals surface area contributed by atoms with Crippen LogP contribution in [0.2, 0.25) is 0 Å². The van der Waals surface area contributed by atoms with Gasteiger partial charge in [-0.3, -0.25) is 0 Å². The molecule has 0 aliphatic carbocycles. The van der Waals surface area contributed by atoms with Crippen LogP contribution in [0.1, 0.15) is 139 Å². The summed E-state index contributed by atoms with van der Waals surface area (Å²) in [7, 11) is 0. The van der Waals surface area contributed by atoms with E-state index in [1.54, 1.807) is 0 Å². The second-order valence-electron chi connectivity index (χ2n) is 21.1. The Morgan fingerprint density at radius 2 is 0.773 bits per heavy atom. The molecule has 4 heteroatoms. The number of benzene rings is 7. The van der Waals surface area contributed by atoms with E-state index in [1.807, 2.05) is 36.4 Å². The van der Waals surface area contributed by atoms with Crippen LogP contribution >= 0.6 is 0 Å². The molecule has 7 aromatic rings. The van der Waals surface area contributed by atoms with E-state index in [-0.39, 0.29) is 47.1 Å². The summed E-state index contributed by atoms with van der Waals surface area (Å²) < 4.78 is 61.5. The quantitative estimate of drug-likeness (QED) is 0.107. The summed E-state index contributed by atoms with van der Waals surface area (Å²) >= 11 is 0. The molecule has 0 saturated carbocycles. The lowest BCUT2D eigenvalue weighted by molar-refractivity contribution is 0.506. The van der Waals surface area contributed by atoms with Gasteiger partial charge in [0.2, 0.25) is 0 Å². The maximum Gasteiger partial charge on any atom is 0.252 e. The first-order chi connectivity index (χ1) is 34.1. The molecule has 0 spiro atoms. The summed E-state index contributed by atoms with van der Waals surface area (Å²) in [6, 6.07) is 42.5. The van der Waals surface area contributed by atoms with Crippen molar-refractivity contribution < 1.29 is 8.22 Å². The zero-order valence-corrected chi connectivity index (χ0v) is 41.3. The summed E-state index contributed by atoms with van der Waals surface area (Å²) in [5, 5.41) is 0. The van der Waals surface area contributed by atoms with E-state index >= 15 is 0 Å². The van der Waals surface area contributed by atoms with Crippen LogP contribution in [-0.4, -0.2) is 6.71 Å². The molecule has 0 aromatic heterocycles. The maximum absolute atomic E-state index is 10.6. The Kier molecular flexibility index (Phi) is 9.84. The fourth-order valence-corrected chi connectivity index (χ4v) is 9.38. The van der Waals surface area contributed by atoms with Gasteiger partial charge in [-0.25, -0.2) is 0 Å². The molecule has 66 heavy (non-hydrogen) atoms. The summed E-state index contributed by atoms with van der Waals surface area (Å²) in [4.78, 5) is 6.46. The van der Waals surface area contributed by atoms with Crippen LogP contribution in [0, 0.1) is 0 Å². The number of fused-ring (bicyclic) bond motifs is 4. The third-order valence-corrected chi connectivity index (χ3v) is 15.5. The molecular formula is C62H70BN3. The van der Waals surface area contributed by atoms with Gasteiger partial charge in [0.15, 0.2) is 0 Å². The molecule has 0 fully saturated rings. The zero-order chi connectivity index (χ0) is 52.0. The van der Waals surface area contributed by atoms with E-state index in [0.717, 1.165) is 58.1 Å². The maximum atomic E-state index is 10.6. The Morgan fingerprint density at radius 3 is 1.12 bits per heavy atom. The largest absolute Gasteiger partial charge is 0.311 e. The summed E-state index contributed by atoms with van der Waals surface area (Å²) in [5.41, 5.74) is 10.4. The monoisotopic (exact) mass is 874 g/mol. The van der Waals surface area contributed by atoms with Crippen molar-refractivity contribution in [3.05, 3.63) is 180 Å². The number of hydrogen-bond donors (Lipinski definition) is 0. The molecule has 0 bridgehead atoms. The van der Waals surface area contributed by atoms with E-state index in [2.05, 4.69) is 183 Å². The highest BCUT2D eigenvalue weighted by Crippen LogP contribution is 2.49. The first-order valence-electron chi connectivity index (χ1n) is 27.2. The first kappa shape index (κ1) is 38.1. The minimum atomic E-state index is -0.813. The standard InChI is InChI=1S/C62H70BN3/c1-13-59(5,6)43-27-33-49(34-28-43)65-54-37-31-45(61(9,10)15-3)39-52(54)63-53-40-46(62(11,12)16-4)32-38-55(53)66(50-35-29-44(30-36-50)60(7,8)14-2)57-42-51(41-56(65)58(57)63)64(47-23-19-17-20-24-47)48-25-21-18-22-26-48/h17-42H,13-16H2,1-12H3/i31D,32D,37D,38D,39D,40D. The molecule has 0 atom stereocenters. The zero-order valence-electron chi connectivity index (χ0n) is 47.3. The van der Waals surface area contributed by atoms with Crippen molar-refractivity contribution in [3.63, 3.8) is 0 Å². The van der Waals surface area contributed by atoms with Crippen LogP contribution in [0.3, 0.4) is 0 Å². The topological polar surface area (TPSA) is 9.72 Å². The second-order valence-corrected chi connectivity index (χ2v) is 21.1. The summed E-state index contributed by atoms with van der Waals surface area (Å²) in [5.74, 6) is 0. The molecule has 2 aliphatic heterocycles. The molecule has 2 aliphatic rings. The smallest absolute Gasteiger partial charge is 0.252 e. The molecule has 0 N–H and O–H groups in total. The van der Waals surface area contributed by atoms with Crippen LogP contribution in [-0.2, 0) is 21.7 Å². The molecule has 0 saturated heterocycles. The van der Waals surface area contributed by atoms with Gasteiger partial charge in [0, 0.05) is 45.5 Å². The molecule has 0 radical (unpaired) electrons. The minimum absolute atomic E-state index is 0.0121. The van der Waals surface area contributed by atoms with E-state index in [0.29, 0.717) is 46.3 Å². The van der Waals surface area contributed by atoms with Gasteiger partial charge in [-0.1, -0.05) is 168 Å². The van der Waals surface area contributed by atoms with Crippen molar-refractivity contribution in [2.45, 2.75) is 130 Å². The van der Waals surface area contributed by atoms with Crippen molar-refractivity contribution in [2.75, 3.05) is 14.7 Å². The highest BCUT2D eigenvalue weighted by atomic mass is 15.2. The minimum Gasteiger partial charge on any atom is -0.311 e. The van der Waals surface area contributed by atoms with Gasteiger partial charge < -0.3 is 14.7 Å². The van der Waals surface area contributed by atoms with E-state index in [9.17, 15) is 8.22 Å². The molecule has 3 nitrogen and oxygen atoms in total. The van der Waals surface area contributed by atoms with Crippen molar-refractivity contribution in [1.82, 2.24) is 0 Å². The van der Waals surface area contributed by atoms with Gasteiger partial charge in [-0.15, -0.1) is 0 Å². The average molecular weight is 874 g/mol. The van der Waals surface area contributed by atoms with Gasteiger partial charge in [-0.2, -0.15) is 0 Å². The second kappa shape index (κ2) is 17.0. The van der Waals surface area contributed by atoms with Crippen LogP contribution in [0.4, 0.5) is 51.2 Å². The summed E-state index contributed by atoms with van der Waals surface area (Å²) in [6.07, 6.45) is 3.16. The Hall–Kier alpha value is -6.00. The van der Waals surface area contributed by atoms with Gasteiger partial charge in [0.1, 0.15) is 0 Å². The van der Waals surface area contributed by atoms with Crippen LogP contribution < -0.4 is 31.1 Å². The van der Waals surface area contributed by atoms with Crippen molar-refractivity contribution in [2.24, 2.45) is 0 Å². The Bertz CT molecular complexity index is 2990. The third-order valence-electron chi connectivity index (χ3n) is 15.5. The molecule has 336 valence electrons. The Labute approximate surface area is 406 Å². The highest BCUT2D eigenvalue weighted by molar-refractivity contribution is 7.00. The van der Waals surface area contributed by atoms with E-state index in [4.69, 9.17) is 0 Å². The highest BCUT2D eigenvalue weighted by Gasteiger charge is 2.45. The Morgan fingerprint density at radius 1 is 0.424 bits per heavy atom. The predicted molar refractivity (Wildman–Crippen MR) is 288 cm³/mol. The molecule has 2 heterocycles.